The molecule has 2 saturated carbocycles. The Morgan fingerprint density at radius 1 is 1.29 bits per heavy atom. The van der Waals surface area contributed by atoms with E-state index < -0.39 is 6.10 Å². The van der Waals surface area contributed by atoms with E-state index in [4.69, 9.17) is 0 Å². The van der Waals surface area contributed by atoms with E-state index in [0.717, 1.165) is 57.8 Å². The zero-order chi connectivity index (χ0) is 22.1. The van der Waals surface area contributed by atoms with Gasteiger partial charge in [0, 0.05) is 18.5 Å². The van der Waals surface area contributed by atoms with Crippen molar-refractivity contribution in [2.24, 2.45) is 17.8 Å². The number of hydrogen-bond acceptors (Lipinski definition) is 4. The van der Waals surface area contributed by atoms with Gasteiger partial charge in [-0.15, -0.1) is 0 Å². The maximum absolute atomic E-state index is 12.0. The van der Waals surface area contributed by atoms with Crippen molar-refractivity contribution in [3.05, 3.63) is 48.2 Å². The van der Waals surface area contributed by atoms with Crippen LogP contribution in [0, 0.1) is 17.8 Å². The highest BCUT2D eigenvalue weighted by atomic mass is 16.3. The lowest BCUT2D eigenvalue weighted by atomic mass is 9.90. The van der Waals surface area contributed by atoms with Gasteiger partial charge < -0.3 is 15.5 Å². The van der Waals surface area contributed by atoms with Crippen LogP contribution in [-0.2, 0) is 4.79 Å². The fourth-order valence-corrected chi connectivity index (χ4v) is 5.11. The third-order valence-corrected chi connectivity index (χ3v) is 6.74. The van der Waals surface area contributed by atoms with Crippen LogP contribution in [0.25, 0.3) is 0 Å². The number of aliphatic hydroxyl groups excluding tert-OH is 2. The summed E-state index contributed by atoms with van der Waals surface area (Å²) in [5.41, 5.74) is 1.47. The van der Waals surface area contributed by atoms with Crippen LogP contribution in [0.4, 0.5) is 5.82 Å². The van der Waals surface area contributed by atoms with E-state index in [1.54, 1.807) is 12.3 Å². The van der Waals surface area contributed by atoms with Crippen LogP contribution in [0.15, 0.2) is 48.2 Å². The molecule has 5 nitrogen and oxygen atoms in total. The van der Waals surface area contributed by atoms with Crippen molar-refractivity contribution in [3.8, 4) is 0 Å². The molecule has 170 valence electrons. The first-order valence-electron chi connectivity index (χ1n) is 12.0. The average molecular weight is 427 g/mol. The second kappa shape index (κ2) is 12.2. The van der Waals surface area contributed by atoms with Gasteiger partial charge >= 0.3 is 0 Å². The highest BCUT2D eigenvalue weighted by Gasteiger charge is 2.44. The fourth-order valence-electron chi connectivity index (χ4n) is 5.11. The van der Waals surface area contributed by atoms with Gasteiger partial charge in [0.1, 0.15) is 5.82 Å². The number of amides is 1. The number of unbranched alkanes of at least 4 members (excludes halogenated alkanes) is 3. The van der Waals surface area contributed by atoms with Crippen molar-refractivity contribution < 1.29 is 15.0 Å². The Morgan fingerprint density at radius 3 is 2.94 bits per heavy atom. The normalized spacial score (nSPS) is 27.6. The lowest BCUT2D eigenvalue weighted by Gasteiger charge is -2.17. The highest BCUT2D eigenvalue weighted by Crippen LogP contribution is 2.50. The van der Waals surface area contributed by atoms with E-state index >= 15 is 0 Å². The molecule has 0 unspecified atom stereocenters. The summed E-state index contributed by atoms with van der Waals surface area (Å²) in [6, 6.07) is 5.48. The molecule has 0 aromatic carbocycles. The summed E-state index contributed by atoms with van der Waals surface area (Å²) in [4.78, 5) is 16.1. The minimum atomic E-state index is -0.397. The number of hydrogen-bond donors (Lipinski definition) is 3. The third kappa shape index (κ3) is 7.29. The number of pyridine rings is 1. The molecule has 31 heavy (non-hydrogen) atoms. The van der Waals surface area contributed by atoms with Gasteiger partial charge in [-0.2, -0.15) is 0 Å². The lowest BCUT2D eigenvalue weighted by molar-refractivity contribution is -0.116. The maximum Gasteiger partial charge on any atom is 0.225 e. The molecule has 3 N–H and O–H groups in total. The Kier molecular flexibility index (Phi) is 9.29. The number of fused-ring (bicyclic) bond motifs is 1. The van der Waals surface area contributed by atoms with Crippen molar-refractivity contribution in [3.63, 3.8) is 0 Å². The standard InChI is InChI=1S/C26H38N2O3/c1-2-3-4-10-21(29)13-14-22-23-17-19(16-20(23)18-24(22)30)9-5-6-12-26(31)28-25-11-7-8-15-27-25/h7-9,11,13-15,20-24,29-30H,2-6,10,12,16-18H2,1H3,(H,27,28,31)/t20-,21-,22+,23-,24+/m0/s1. The Morgan fingerprint density at radius 2 is 2.16 bits per heavy atom. The Bertz CT molecular complexity index is 746. The van der Waals surface area contributed by atoms with Gasteiger partial charge in [-0.25, -0.2) is 4.98 Å². The second-order valence-electron chi connectivity index (χ2n) is 9.18. The van der Waals surface area contributed by atoms with Crippen LogP contribution in [-0.4, -0.2) is 33.3 Å². The van der Waals surface area contributed by atoms with Gasteiger partial charge in [0.25, 0.3) is 0 Å². The minimum absolute atomic E-state index is 0.00575. The largest absolute Gasteiger partial charge is 0.392 e. The maximum atomic E-state index is 12.0. The summed E-state index contributed by atoms with van der Waals surface area (Å²) in [5.74, 6) is 1.78. The summed E-state index contributed by atoms with van der Waals surface area (Å²) in [5, 5.41) is 23.5. The van der Waals surface area contributed by atoms with Crippen LogP contribution >= 0.6 is 0 Å². The smallest absolute Gasteiger partial charge is 0.225 e. The molecule has 0 spiro atoms. The van der Waals surface area contributed by atoms with Crippen LogP contribution in [0.1, 0.15) is 71.1 Å². The van der Waals surface area contributed by atoms with E-state index in [-0.39, 0.29) is 17.9 Å². The number of nitrogens with zero attached hydrogens (tertiary/aromatic N) is 1. The third-order valence-electron chi connectivity index (χ3n) is 6.74. The number of nitrogens with one attached hydrogen (secondary N) is 1. The molecule has 5 atom stereocenters. The van der Waals surface area contributed by atoms with Crippen molar-refractivity contribution in [1.82, 2.24) is 4.98 Å². The molecule has 3 rings (SSSR count). The molecule has 0 saturated heterocycles. The van der Waals surface area contributed by atoms with Crippen LogP contribution in [0.3, 0.4) is 0 Å². The van der Waals surface area contributed by atoms with Crippen molar-refractivity contribution in [2.75, 3.05) is 5.32 Å². The van der Waals surface area contributed by atoms with Crippen molar-refractivity contribution in [2.45, 2.75) is 83.3 Å². The molecule has 1 heterocycles. The molecule has 2 fully saturated rings. The molecule has 0 radical (unpaired) electrons. The van der Waals surface area contributed by atoms with Gasteiger partial charge in [-0.3, -0.25) is 4.79 Å². The van der Waals surface area contributed by atoms with Gasteiger partial charge in [0.05, 0.1) is 12.2 Å². The van der Waals surface area contributed by atoms with Crippen molar-refractivity contribution in [1.29, 1.82) is 0 Å². The van der Waals surface area contributed by atoms with Crippen LogP contribution in [0.2, 0.25) is 0 Å². The van der Waals surface area contributed by atoms with Gasteiger partial charge in [0.15, 0.2) is 0 Å². The molecular weight excluding hydrogens is 388 g/mol. The summed E-state index contributed by atoms with van der Waals surface area (Å²) < 4.78 is 0. The molecule has 0 bridgehead atoms. The number of aliphatic hydroxyl groups is 2. The van der Waals surface area contributed by atoms with E-state index in [9.17, 15) is 15.0 Å². The number of rotatable bonds is 11. The molecule has 0 aliphatic heterocycles. The second-order valence-corrected chi connectivity index (χ2v) is 9.18. The van der Waals surface area contributed by atoms with E-state index in [1.165, 1.54) is 5.57 Å². The predicted octanol–water partition coefficient (Wildman–Crippen LogP) is 5.02. The summed E-state index contributed by atoms with van der Waals surface area (Å²) in [6.07, 6.45) is 16.6. The Hall–Kier alpha value is -1.98. The average Bonchev–Trinajstić information content (AvgIpc) is 3.27. The molecular formula is C26H38N2O3. The van der Waals surface area contributed by atoms with Gasteiger partial charge in [-0.05, 0) is 62.5 Å². The first-order chi connectivity index (χ1) is 15.1. The highest BCUT2D eigenvalue weighted by molar-refractivity contribution is 5.89. The van der Waals surface area contributed by atoms with Gasteiger partial charge in [0.2, 0.25) is 5.91 Å². The van der Waals surface area contributed by atoms with Gasteiger partial charge in [-0.1, -0.05) is 56.1 Å². The monoisotopic (exact) mass is 426 g/mol. The van der Waals surface area contributed by atoms with Crippen LogP contribution in [0.5, 0.6) is 0 Å². The summed E-state index contributed by atoms with van der Waals surface area (Å²) in [6.45, 7) is 2.17. The zero-order valence-electron chi connectivity index (χ0n) is 18.7. The number of allylic oxidation sites excluding steroid dienone is 2. The Balaban J connectivity index is 1.41. The molecule has 1 amide bonds. The molecule has 2 aliphatic rings. The van der Waals surface area contributed by atoms with E-state index in [0.29, 0.717) is 24.1 Å². The number of carbonyl (C=O) groups excluding carboxylic acids is 1. The first-order valence-corrected chi connectivity index (χ1v) is 12.0. The van der Waals surface area contributed by atoms with Crippen LogP contribution < -0.4 is 5.32 Å². The van der Waals surface area contributed by atoms with E-state index in [1.807, 2.05) is 18.2 Å². The quantitative estimate of drug-likeness (QED) is 0.343. The molecule has 1 aromatic heterocycles. The predicted molar refractivity (Wildman–Crippen MR) is 124 cm³/mol. The Labute approximate surface area is 186 Å². The minimum Gasteiger partial charge on any atom is -0.392 e. The number of carbonyl (C=O) groups is 1. The first kappa shape index (κ1) is 23.7. The topological polar surface area (TPSA) is 82.5 Å². The lowest BCUT2D eigenvalue weighted by Crippen LogP contribution is -2.17. The van der Waals surface area contributed by atoms with E-state index in [2.05, 4.69) is 29.4 Å². The summed E-state index contributed by atoms with van der Waals surface area (Å²) >= 11 is 0. The molecule has 2 aliphatic carbocycles. The summed E-state index contributed by atoms with van der Waals surface area (Å²) in [7, 11) is 0. The fraction of sp³-hybridized carbons (Fsp3) is 0.615. The molecule has 5 heteroatoms. The zero-order valence-corrected chi connectivity index (χ0v) is 18.7. The van der Waals surface area contributed by atoms with Crippen molar-refractivity contribution >= 4 is 11.7 Å². The molecule has 1 aromatic rings. The SMILES string of the molecule is CCCCC[C@H](O)C=C[C@@H]1[C@H]2CC(=CCCCC(=O)Nc3ccccn3)C[C@H]2C[C@H]1O. The number of aromatic nitrogens is 1. The number of anilines is 1.